The molecule has 27 heavy (non-hydrogen) atoms. The maximum atomic E-state index is 13.2. The third kappa shape index (κ3) is 4.79. The maximum Gasteiger partial charge on any atom is 0.318 e. The highest BCUT2D eigenvalue weighted by Gasteiger charge is 2.39. The van der Waals surface area contributed by atoms with Crippen LogP contribution in [0.25, 0.3) is 0 Å². The van der Waals surface area contributed by atoms with Crippen LogP contribution in [0.3, 0.4) is 0 Å². The van der Waals surface area contributed by atoms with Crippen molar-refractivity contribution < 1.29 is 18.7 Å². The average molecular weight is 376 g/mol. The number of amides is 2. The number of carbonyl (C=O) groups is 2. The van der Waals surface area contributed by atoms with Crippen molar-refractivity contribution in [2.24, 2.45) is 0 Å². The fraction of sp³-hybridized carbons (Fsp3) is 0.619. The third-order valence-electron chi connectivity index (χ3n) is 5.74. The molecular weight excluding hydrogens is 347 g/mol. The normalized spacial score (nSPS) is 21.7. The van der Waals surface area contributed by atoms with Gasteiger partial charge in [-0.05, 0) is 50.3 Å². The first-order valence-electron chi connectivity index (χ1n) is 10.0. The van der Waals surface area contributed by atoms with E-state index in [1.807, 2.05) is 4.90 Å². The number of benzene rings is 1. The molecule has 1 atom stereocenters. The van der Waals surface area contributed by atoms with Gasteiger partial charge in [0.2, 0.25) is 0 Å². The lowest BCUT2D eigenvalue weighted by atomic mass is 9.79. The topological polar surface area (TPSA) is 58.6 Å². The number of hydrogen-bond acceptors (Lipinski definition) is 3. The van der Waals surface area contributed by atoms with Crippen LogP contribution in [0.15, 0.2) is 24.3 Å². The average Bonchev–Trinajstić information content (AvgIpc) is 3.13. The number of rotatable bonds is 5. The zero-order valence-corrected chi connectivity index (χ0v) is 16.0. The van der Waals surface area contributed by atoms with Crippen molar-refractivity contribution >= 4 is 12.0 Å². The van der Waals surface area contributed by atoms with Crippen molar-refractivity contribution in [1.82, 2.24) is 10.2 Å². The lowest BCUT2D eigenvalue weighted by molar-refractivity contribution is -0.145. The number of carbonyl (C=O) groups excluding carboxylic acids is 2. The van der Waals surface area contributed by atoms with Gasteiger partial charge in [0.25, 0.3) is 0 Å². The molecule has 0 radical (unpaired) electrons. The Hall–Kier alpha value is -2.11. The molecule has 6 heteroatoms. The Labute approximate surface area is 160 Å². The Morgan fingerprint density at radius 2 is 1.89 bits per heavy atom. The van der Waals surface area contributed by atoms with Gasteiger partial charge in [-0.1, -0.05) is 31.4 Å². The summed E-state index contributed by atoms with van der Waals surface area (Å²) in [6, 6.07) is 6.20. The summed E-state index contributed by atoms with van der Waals surface area (Å²) in [6.07, 6.45) is 6.73. The van der Waals surface area contributed by atoms with Gasteiger partial charge in [-0.25, -0.2) is 9.18 Å². The predicted octanol–water partition coefficient (Wildman–Crippen LogP) is 4.33. The highest BCUT2D eigenvalue weighted by atomic mass is 19.1. The predicted molar refractivity (Wildman–Crippen MR) is 101 cm³/mol. The summed E-state index contributed by atoms with van der Waals surface area (Å²) in [7, 11) is 0. The molecule has 2 fully saturated rings. The molecule has 1 aromatic rings. The number of hydrogen-bond donors (Lipinski definition) is 1. The van der Waals surface area contributed by atoms with Crippen molar-refractivity contribution in [2.75, 3.05) is 13.2 Å². The first-order chi connectivity index (χ1) is 13.0. The highest BCUT2D eigenvalue weighted by Crippen LogP contribution is 2.35. The second-order valence-corrected chi connectivity index (χ2v) is 7.66. The molecule has 1 heterocycles. The van der Waals surface area contributed by atoms with Crippen LogP contribution in [0, 0.1) is 5.82 Å². The van der Waals surface area contributed by atoms with Gasteiger partial charge in [0.15, 0.2) is 0 Å². The van der Waals surface area contributed by atoms with E-state index in [0.29, 0.717) is 13.2 Å². The van der Waals surface area contributed by atoms with Gasteiger partial charge in [0, 0.05) is 6.54 Å². The molecule has 2 aliphatic rings. The molecule has 148 valence electrons. The van der Waals surface area contributed by atoms with Crippen LogP contribution in [0.4, 0.5) is 9.18 Å². The Morgan fingerprint density at radius 1 is 1.19 bits per heavy atom. The summed E-state index contributed by atoms with van der Waals surface area (Å²) in [6.45, 7) is 2.81. The summed E-state index contributed by atoms with van der Waals surface area (Å²) in [5.74, 6) is -0.528. The van der Waals surface area contributed by atoms with E-state index in [9.17, 15) is 14.0 Å². The Morgan fingerprint density at radius 3 is 2.56 bits per heavy atom. The van der Waals surface area contributed by atoms with E-state index in [-0.39, 0.29) is 30.3 Å². The molecule has 0 aromatic heterocycles. The minimum atomic E-state index is -0.516. The second kappa shape index (κ2) is 8.72. The number of halogens is 1. The maximum absolute atomic E-state index is 13.2. The molecule has 5 nitrogen and oxygen atoms in total. The van der Waals surface area contributed by atoms with Crippen LogP contribution in [0.5, 0.6) is 0 Å². The molecule has 1 aliphatic carbocycles. The fourth-order valence-electron chi connectivity index (χ4n) is 4.40. The lowest BCUT2D eigenvalue weighted by Gasteiger charge is -2.39. The minimum absolute atomic E-state index is 0.0474. The summed E-state index contributed by atoms with van der Waals surface area (Å²) in [5, 5.41) is 3.19. The number of ether oxygens (including phenoxy) is 1. The summed E-state index contributed by atoms with van der Waals surface area (Å²) < 4.78 is 18.4. The van der Waals surface area contributed by atoms with E-state index in [0.717, 1.165) is 50.5 Å². The summed E-state index contributed by atoms with van der Waals surface area (Å²) in [5.41, 5.74) is 0.435. The van der Waals surface area contributed by atoms with Crippen LogP contribution in [-0.2, 0) is 9.53 Å². The lowest BCUT2D eigenvalue weighted by Crippen LogP contribution is -2.55. The van der Waals surface area contributed by atoms with Crippen LogP contribution in [0.2, 0.25) is 0 Å². The summed E-state index contributed by atoms with van der Waals surface area (Å²) in [4.78, 5) is 27.0. The number of nitrogens with zero attached hydrogens (tertiary/aromatic N) is 1. The standard InChI is InChI=1S/C21H29FN2O3/c1-2-27-19(25)15-21(12-4-3-5-13-21)23-20(26)24-14-6-7-18(24)16-8-10-17(22)11-9-16/h8-11,18H,2-7,12-15H2,1H3,(H,23,26)/t18-/m1/s1. The third-order valence-corrected chi connectivity index (χ3v) is 5.74. The molecule has 3 rings (SSSR count). The van der Waals surface area contributed by atoms with Crippen LogP contribution in [0.1, 0.15) is 69.9 Å². The second-order valence-electron chi connectivity index (χ2n) is 7.66. The van der Waals surface area contributed by atoms with Gasteiger partial charge in [-0.2, -0.15) is 0 Å². The van der Waals surface area contributed by atoms with Crippen molar-refractivity contribution in [3.8, 4) is 0 Å². The molecule has 1 aliphatic heterocycles. The van der Waals surface area contributed by atoms with Crippen molar-refractivity contribution in [3.63, 3.8) is 0 Å². The van der Waals surface area contributed by atoms with Crippen LogP contribution < -0.4 is 5.32 Å². The van der Waals surface area contributed by atoms with E-state index in [2.05, 4.69) is 5.32 Å². The van der Waals surface area contributed by atoms with E-state index in [1.54, 1.807) is 19.1 Å². The van der Waals surface area contributed by atoms with Gasteiger partial charge in [-0.3, -0.25) is 4.79 Å². The van der Waals surface area contributed by atoms with Crippen molar-refractivity contribution in [1.29, 1.82) is 0 Å². The zero-order valence-electron chi connectivity index (χ0n) is 16.0. The van der Waals surface area contributed by atoms with E-state index in [1.165, 1.54) is 12.1 Å². The molecule has 2 amide bonds. The quantitative estimate of drug-likeness (QED) is 0.778. The van der Waals surface area contributed by atoms with Gasteiger partial charge >= 0.3 is 12.0 Å². The Kier molecular flexibility index (Phi) is 6.34. The molecule has 0 spiro atoms. The molecular formula is C21H29FN2O3. The van der Waals surface area contributed by atoms with E-state index < -0.39 is 5.54 Å². The van der Waals surface area contributed by atoms with E-state index >= 15 is 0 Å². The Balaban J connectivity index is 1.72. The largest absolute Gasteiger partial charge is 0.466 e. The monoisotopic (exact) mass is 376 g/mol. The molecule has 1 saturated heterocycles. The van der Waals surface area contributed by atoms with Gasteiger partial charge in [-0.15, -0.1) is 0 Å². The zero-order chi connectivity index (χ0) is 19.3. The van der Waals surface area contributed by atoms with Crippen molar-refractivity contribution in [3.05, 3.63) is 35.6 Å². The highest BCUT2D eigenvalue weighted by molar-refractivity contribution is 5.78. The fourth-order valence-corrected chi connectivity index (χ4v) is 4.40. The molecule has 1 N–H and O–H groups in total. The number of nitrogens with one attached hydrogen (secondary N) is 1. The van der Waals surface area contributed by atoms with Crippen LogP contribution in [-0.4, -0.2) is 35.6 Å². The van der Waals surface area contributed by atoms with Gasteiger partial charge in [0.05, 0.1) is 24.6 Å². The number of likely N-dealkylation sites (tertiary alicyclic amines) is 1. The molecule has 1 aromatic carbocycles. The van der Waals surface area contributed by atoms with E-state index in [4.69, 9.17) is 4.74 Å². The number of esters is 1. The van der Waals surface area contributed by atoms with Gasteiger partial charge < -0.3 is 15.0 Å². The summed E-state index contributed by atoms with van der Waals surface area (Å²) >= 11 is 0. The smallest absolute Gasteiger partial charge is 0.318 e. The minimum Gasteiger partial charge on any atom is -0.466 e. The molecule has 0 bridgehead atoms. The number of urea groups is 1. The van der Waals surface area contributed by atoms with Crippen molar-refractivity contribution in [2.45, 2.75) is 69.9 Å². The SMILES string of the molecule is CCOC(=O)CC1(NC(=O)N2CCC[C@@H]2c2ccc(F)cc2)CCCCC1. The van der Waals surface area contributed by atoms with Crippen LogP contribution >= 0.6 is 0 Å². The molecule has 0 unspecified atom stereocenters. The van der Waals surface area contributed by atoms with Gasteiger partial charge in [0.1, 0.15) is 5.82 Å². The first-order valence-corrected chi connectivity index (χ1v) is 10.0. The molecule has 1 saturated carbocycles. The first kappa shape index (κ1) is 19.6. The Bertz CT molecular complexity index is 656.